The lowest BCUT2D eigenvalue weighted by Crippen LogP contribution is -2.43. The molecule has 0 spiro atoms. The van der Waals surface area contributed by atoms with Crippen LogP contribution in [0.15, 0.2) is 5.16 Å². The third kappa shape index (κ3) is 7.16. The summed E-state index contributed by atoms with van der Waals surface area (Å²) in [5.41, 5.74) is 5.39. The lowest BCUT2D eigenvalue weighted by molar-refractivity contribution is 0.290. The predicted octanol–water partition coefficient (Wildman–Crippen LogP) is 0.299. The molecule has 0 amide bonds. The highest BCUT2D eigenvalue weighted by molar-refractivity contribution is 5.79. The first-order valence-corrected chi connectivity index (χ1v) is 5.32. The van der Waals surface area contributed by atoms with E-state index in [4.69, 9.17) is 10.9 Å². The molecule has 0 saturated carbocycles. The van der Waals surface area contributed by atoms with E-state index in [1.807, 2.05) is 0 Å². The van der Waals surface area contributed by atoms with E-state index in [1.165, 1.54) is 0 Å². The van der Waals surface area contributed by atoms with Gasteiger partial charge in [-0.25, -0.2) is 0 Å². The van der Waals surface area contributed by atoms with E-state index in [2.05, 4.69) is 43.3 Å². The SMILES string of the molecule is CC(C)C(CN(C)C)NCCC(N)=NO. The number of nitrogens with one attached hydrogen (secondary N) is 1. The first-order chi connectivity index (χ1) is 6.97. The van der Waals surface area contributed by atoms with Gasteiger partial charge in [0, 0.05) is 25.6 Å². The third-order valence-electron chi connectivity index (χ3n) is 2.28. The minimum absolute atomic E-state index is 0.273. The van der Waals surface area contributed by atoms with Crippen LogP contribution in [-0.2, 0) is 0 Å². The lowest BCUT2D eigenvalue weighted by Gasteiger charge is -2.25. The molecule has 0 aromatic heterocycles. The third-order valence-corrected chi connectivity index (χ3v) is 2.28. The van der Waals surface area contributed by atoms with Gasteiger partial charge < -0.3 is 21.2 Å². The van der Waals surface area contributed by atoms with Gasteiger partial charge in [-0.15, -0.1) is 0 Å². The summed E-state index contributed by atoms with van der Waals surface area (Å²) in [4.78, 5) is 2.15. The maximum Gasteiger partial charge on any atom is 0.140 e. The molecule has 0 bridgehead atoms. The van der Waals surface area contributed by atoms with Crippen molar-refractivity contribution in [1.29, 1.82) is 0 Å². The molecule has 5 nitrogen and oxygen atoms in total. The van der Waals surface area contributed by atoms with Crippen molar-refractivity contribution in [3.05, 3.63) is 0 Å². The number of hydrogen-bond acceptors (Lipinski definition) is 4. The van der Waals surface area contributed by atoms with Gasteiger partial charge in [-0.2, -0.15) is 0 Å². The van der Waals surface area contributed by atoms with Gasteiger partial charge in [-0.1, -0.05) is 19.0 Å². The van der Waals surface area contributed by atoms with E-state index in [-0.39, 0.29) is 5.84 Å². The number of nitrogens with two attached hydrogens (primary N) is 1. The van der Waals surface area contributed by atoms with Crippen molar-refractivity contribution in [2.45, 2.75) is 26.3 Å². The van der Waals surface area contributed by atoms with Crippen LogP contribution >= 0.6 is 0 Å². The van der Waals surface area contributed by atoms with Crippen LogP contribution in [0.5, 0.6) is 0 Å². The van der Waals surface area contributed by atoms with Gasteiger partial charge in [0.15, 0.2) is 0 Å². The molecule has 1 unspecified atom stereocenters. The maximum absolute atomic E-state index is 8.38. The predicted molar refractivity (Wildman–Crippen MR) is 63.2 cm³/mol. The van der Waals surface area contributed by atoms with Crippen molar-refractivity contribution < 1.29 is 5.21 Å². The molecule has 4 N–H and O–H groups in total. The van der Waals surface area contributed by atoms with Crippen LogP contribution in [-0.4, -0.2) is 49.2 Å². The van der Waals surface area contributed by atoms with Gasteiger partial charge in [0.2, 0.25) is 0 Å². The molecule has 5 heteroatoms. The van der Waals surface area contributed by atoms with Crippen LogP contribution in [0.25, 0.3) is 0 Å². The Hall–Kier alpha value is -0.810. The Bertz CT molecular complexity index is 192. The molecule has 0 aromatic carbocycles. The van der Waals surface area contributed by atoms with E-state index in [9.17, 15) is 0 Å². The smallest absolute Gasteiger partial charge is 0.140 e. The van der Waals surface area contributed by atoms with Crippen LogP contribution in [0.4, 0.5) is 0 Å². The Morgan fingerprint density at radius 3 is 2.47 bits per heavy atom. The zero-order valence-corrected chi connectivity index (χ0v) is 10.2. The van der Waals surface area contributed by atoms with Gasteiger partial charge in [0.25, 0.3) is 0 Å². The fourth-order valence-corrected chi connectivity index (χ4v) is 1.34. The maximum atomic E-state index is 8.38. The molecule has 0 aromatic rings. The van der Waals surface area contributed by atoms with Crippen molar-refractivity contribution in [3.8, 4) is 0 Å². The molecule has 1 atom stereocenters. The molecule has 0 saturated heterocycles. The van der Waals surface area contributed by atoms with Gasteiger partial charge in [-0.3, -0.25) is 0 Å². The van der Waals surface area contributed by atoms with E-state index in [0.29, 0.717) is 18.4 Å². The average molecular weight is 216 g/mol. The van der Waals surface area contributed by atoms with Crippen LogP contribution in [0, 0.1) is 5.92 Å². The van der Waals surface area contributed by atoms with Gasteiger partial charge >= 0.3 is 0 Å². The van der Waals surface area contributed by atoms with Crippen LogP contribution in [0.1, 0.15) is 20.3 Å². The van der Waals surface area contributed by atoms with E-state index in [0.717, 1.165) is 13.1 Å². The highest BCUT2D eigenvalue weighted by Gasteiger charge is 2.13. The standard InChI is InChI=1S/C10H24N4O/c1-8(2)9(7-14(3)4)12-6-5-10(11)13-15/h8-9,12,15H,5-7H2,1-4H3,(H2,11,13). The topological polar surface area (TPSA) is 73.9 Å². The van der Waals surface area contributed by atoms with Crippen LogP contribution in [0.2, 0.25) is 0 Å². The quantitative estimate of drug-likeness (QED) is 0.248. The first-order valence-electron chi connectivity index (χ1n) is 5.32. The Morgan fingerprint density at radius 1 is 1.47 bits per heavy atom. The zero-order chi connectivity index (χ0) is 11.8. The minimum Gasteiger partial charge on any atom is -0.409 e. The molecule has 15 heavy (non-hydrogen) atoms. The van der Waals surface area contributed by atoms with Crippen molar-refractivity contribution in [2.75, 3.05) is 27.2 Å². The second-order valence-electron chi connectivity index (χ2n) is 4.41. The van der Waals surface area contributed by atoms with Gasteiger partial charge in [0.1, 0.15) is 5.84 Å². The normalized spacial score (nSPS) is 14.9. The molecule has 0 aliphatic heterocycles. The van der Waals surface area contributed by atoms with E-state index in [1.54, 1.807) is 0 Å². The summed E-state index contributed by atoms with van der Waals surface area (Å²) in [5.74, 6) is 0.842. The van der Waals surface area contributed by atoms with E-state index < -0.39 is 0 Å². The second kappa shape index (κ2) is 7.48. The number of likely N-dealkylation sites (N-methyl/N-ethyl adjacent to an activating group) is 1. The van der Waals surface area contributed by atoms with Crippen molar-refractivity contribution in [3.63, 3.8) is 0 Å². The number of oxime groups is 1. The number of nitrogens with zero attached hydrogens (tertiary/aromatic N) is 2. The fourth-order valence-electron chi connectivity index (χ4n) is 1.34. The van der Waals surface area contributed by atoms with Crippen molar-refractivity contribution >= 4 is 5.84 Å². The summed E-state index contributed by atoms with van der Waals surface area (Å²) in [6, 6.07) is 0.437. The van der Waals surface area contributed by atoms with E-state index >= 15 is 0 Å². The average Bonchev–Trinajstić information content (AvgIpc) is 2.15. The molecule has 0 aliphatic rings. The molecule has 0 radical (unpaired) electrons. The summed E-state index contributed by atoms with van der Waals surface area (Å²) < 4.78 is 0. The number of hydrogen-bond donors (Lipinski definition) is 3. The Kier molecular flexibility index (Phi) is 7.07. The number of amidine groups is 1. The van der Waals surface area contributed by atoms with Gasteiger partial charge in [-0.05, 0) is 20.0 Å². The molecular weight excluding hydrogens is 192 g/mol. The fraction of sp³-hybridized carbons (Fsp3) is 0.900. The van der Waals surface area contributed by atoms with Gasteiger partial charge in [0.05, 0.1) is 0 Å². The summed E-state index contributed by atoms with van der Waals surface area (Å²) in [6.07, 6.45) is 0.577. The largest absolute Gasteiger partial charge is 0.409 e. The molecular formula is C10H24N4O. The van der Waals surface area contributed by atoms with Crippen LogP contribution < -0.4 is 11.1 Å². The Morgan fingerprint density at radius 2 is 2.07 bits per heavy atom. The molecule has 0 heterocycles. The monoisotopic (exact) mass is 216 g/mol. The molecule has 0 aliphatic carbocycles. The highest BCUT2D eigenvalue weighted by Crippen LogP contribution is 2.02. The Balaban J connectivity index is 3.86. The molecule has 0 fully saturated rings. The molecule has 0 rings (SSSR count). The minimum atomic E-state index is 0.273. The number of rotatable bonds is 7. The zero-order valence-electron chi connectivity index (χ0n) is 10.2. The summed E-state index contributed by atoms with van der Waals surface area (Å²) >= 11 is 0. The Labute approximate surface area is 92.3 Å². The van der Waals surface area contributed by atoms with Crippen LogP contribution in [0.3, 0.4) is 0 Å². The van der Waals surface area contributed by atoms with Crippen molar-refractivity contribution in [1.82, 2.24) is 10.2 Å². The molecule has 90 valence electrons. The highest BCUT2D eigenvalue weighted by atomic mass is 16.4. The first kappa shape index (κ1) is 14.2. The second-order valence-corrected chi connectivity index (χ2v) is 4.41. The summed E-state index contributed by atoms with van der Waals surface area (Å²) in [7, 11) is 4.11. The lowest BCUT2D eigenvalue weighted by atomic mass is 10.0. The van der Waals surface area contributed by atoms with Crippen molar-refractivity contribution in [2.24, 2.45) is 16.8 Å². The summed E-state index contributed by atoms with van der Waals surface area (Å²) in [5, 5.41) is 14.7. The summed E-state index contributed by atoms with van der Waals surface area (Å²) in [6.45, 7) is 6.11.